The van der Waals surface area contributed by atoms with Crippen molar-refractivity contribution in [3.63, 3.8) is 0 Å². The Balaban J connectivity index is 1.37. The number of aryl methyl sites for hydroxylation is 1. The SMILES string of the molecule is COc1ccc2c(c1)CC(C(=O)NCCc1nc3c(F)cccc3n1C)O2. The van der Waals surface area contributed by atoms with Crippen LogP contribution >= 0.6 is 0 Å². The van der Waals surface area contributed by atoms with Crippen LogP contribution < -0.4 is 14.8 Å². The van der Waals surface area contributed by atoms with E-state index in [-0.39, 0.29) is 11.7 Å². The van der Waals surface area contributed by atoms with Gasteiger partial charge in [-0.05, 0) is 30.3 Å². The molecule has 0 saturated carbocycles. The van der Waals surface area contributed by atoms with Crippen LogP contribution in [0.2, 0.25) is 0 Å². The van der Waals surface area contributed by atoms with Gasteiger partial charge in [0.05, 0.1) is 12.6 Å². The number of amides is 1. The van der Waals surface area contributed by atoms with Crippen LogP contribution in [0, 0.1) is 5.82 Å². The summed E-state index contributed by atoms with van der Waals surface area (Å²) in [7, 11) is 3.45. The summed E-state index contributed by atoms with van der Waals surface area (Å²) < 4.78 is 26.6. The van der Waals surface area contributed by atoms with E-state index in [1.807, 2.05) is 35.9 Å². The number of imidazole rings is 1. The van der Waals surface area contributed by atoms with Crippen molar-refractivity contribution >= 4 is 16.9 Å². The van der Waals surface area contributed by atoms with E-state index in [2.05, 4.69) is 10.3 Å². The van der Waals surface area contributed by atoms with E-state index in [9.17, 15) is 9.18 Å². The van der Waals surface area contributed by atoms with Crippen molar-refractivity contribution in [2.75, 3.05) is 13.7 Å². The average Bonchev–Trinajstić information content (AvgIpc) is 3.24. The molecule has 0 spiro atoms. The molecule has 1 atom stereocenters. The lowest BCUT2D eigenvalue weighted by atomic mass is 10.1. The molecule has 1 aromatic heterocycles. The normalized spacial score (nSPS) is 15.4. The lowest BCUT2D eigenvalue weighted by molar-refractivity contribution is -0.127. The minimum atomic E-state index is -0.551. The smallest absolute Gasteiger partial charge is 0.261 e. The Hall–Kier alpha value is -3.09. The van der Waals surface area contributed by atoms with E-state index in [0.29, 0.717) is 30.7 Å². The lowest BCUT2D eigenvalue weighted by Gasteiger charge is -2.11. The number of carbonyl (C=O) groups excluding carboxylic acids is 1. The van der Waals surface area contributed by atoms with Crippen LogP contribution in [0.4, 0.5) is 4.39 Å². The zero-order valence-corrected chi connectivity index (χ0v) is 15.2. The quantitative estimate of drug-likeness (QED) is 0.750. The molecular formula is C20H20FN3O3. The number of aromatic nitrogens is 2. The van der Waals surface area contributed by atoms with Crippen LogP contribution in [-0.2, 0) is 24.7 Å². The highest BCUT2D eigenvalue weighted by Gasteiger charge is 2.29. The van der Waals surface area contributed by atoms with Gasteiger partial charge in [0.2, 0.25) is 0 Å². The predicted octanol–water partition coefficient (Wildman–Crippen LogP) is 2.38. The summed E-state index contributed by atoms with van der Waals surface area (Å²) in [6, 6.07) is 10.4. The first-order valence-electron chi connectivity index (χ1n) is 8.78. The standard InChI is InChI=1S/C20H20FN3O3/c1-24-15-5-3-4-14(21)19(15)23-18(24)8-9-22-20(25)17-11-12-10-13(26-2)6-7-16(12)27-17/h3-7,10,17H,8-9,11H2,1-2H3,(H,22,25). The van der Waals surface area contributed by atoms with Gasteiger partial charge in [-0.3, -0.25) is 4.79 Å². The molecule has 4 rings (SSSR count). The van der Waals surface area contributed by atoms with Gasteiger partial charge in [-0.2, -0.15) is 0 Å². The number of benzene rings is 2. The Bertz CT molecular complexity index is 1020. The van der Waals surface area contributed by atoms with Crippen LogP contribution in [0.15, 0.2) is 36.4 Å². The molecule has 1 N–H and O–H groups in total. The summed E-state index contributed by atoms with van der Waals surface area (Å²) in [4.78, 5) is 16.8. The number of para-hydroxylation sites is 1. The number of methoxy groups -OCH3 is 1. The van der Waals surface area contributed by atoms with Crippen molar-refractivity contribution in [3.8, 4) is 11.5 Å². The third-order valence-corrected chi connectivity index (χ3v) is 4.84. The fourth-order valence-corrected chi connectivity index (χ4v) is 3.36. The van der Waals surface area contributed by atoms with E-state index < -0.39 is 6.10 Å². The first-order chi connectivity index (χ1) is 13.1. The Morgan fingerprint density at radius 2 is 2.26 bits per heavy atom. The third-order valence-electron chi connectivity index (χ3n) is 4.84. The molecule has 2 aromatic carbocycles. The fourth-order valence-electron chi connectivity index (χ4n) is 3.36. The number of hydrogen-bond donors (Lipinski definition) is 1. The van der Waals surface area contributed by atoms with Crippen molar-refractivity contribution < 1.29 is 18.7 Å². The molecule has 1 aliphatic rings. The number of carbonyl (C=O) groups is 1. The molecule has 2 heterocycles. The zero-order valence-electron chi connectivity index (χ0n) is 15.2. The molecule has 0 saturated heterocycles. The number of halogens is 1. The number of nitrogens with one attached hydrogen (secondary N) is 1. The van der Waals surface area contributed by atoms with E-state index in [1.165, 1.54) is 6.07 Å². The van der Waals surface area contributed by atoms with Gasteiger partial charge < -0.3 is 19.4 Å². The monoisotopic (exact) mass is 369 g/mol. The van der Waals surface area contributed by atoms with Gasteiger partial charge in [-0.1, -0.05) is 6.07 Å². The largest absolute Gasteiger partial charge is 0.497 e. The molecule has 7 heteroatoms. The van der Waals surface area contributed by atoms with Crippen LogP contribution in [-0.4, -0.2) is 35.2 Å². The van der Waals surface area contributed by atoms with Gasteiger partial charge in [0, 0.05) is 32.0 Å². The lowest BCUT2D eigenvalue weighted by Crippen LogP contribution is -2.38. The maximum Gasteiger partial charge on any atom is 0.261 e. The molecule has 3 aromatic rings. The minimum absolute atomic E-state index is 0.171. The molecule has 0 bridgehead atoms. The minimum Gasteiger partial charge on any atom is -0.497 e. The summed E-state index contributed by atoms with van der Waals surface area (Å²) in [5.41, 5.74) is 2.05. The van der Waals surface area contributed by atoms with Gasteiger partial charge in [0.25, 0.3) is 5.91 Å². The average molecular weight is 369 g/mol. The first kappa shape index (κ1) is 17.3. The molecular weight excluding hydrogens is 349 g/mol. The predicted molar refractivity (Wildman–Crippen MR) is 98.5 cm³/mol. The highest BCUT2D eigenvalue weighted by molar-refractivity contribution is 5.82. The molecule has 1 aliphatic heterocycles. The maximum absolute atomic E-state index is 13.8. The molecule has 0 aliphatic carbocycles. The fraction of sp³-hybridized carbons (Fsp3) is 0.300. The second kappa shape index (κ2) is 6.90. The van der Waals surface area contributed by atoms with Crippen molar-refractivity contribution in [3.05, 3.63) is 53.6 Å². The van der Waals surface area contributed by atoms with Crippen LogP contribution in [0.3, 0.4) is 0 Å². The molecule has 1 unspecified atom stereocenters. The van der Waals surface area contributed by atoms with Crippen molar-refractivity contribution in [1.82, 2.24) is 14.9 Å². The molecule has 1 amide bonds. The van der Waals surface area contributed by atoms with Gasteiger partial charge in [0.1, 0.15) is 22.8 Å². The topological polar surface area (TPSA) is 65.4 Å². The Morgan fingerprint density at radius 3 is 3.04 bits per heavy atom. The van der Waals surface area contributed by atoms with Gasteiger partial charge in [-0.15, -0.1) is 0 Å². The van der Waals surface area contributed by atoms with Gasteiger partial charge in [0.15, 0.2) is 11.9 Å². The number of nitrogens with zero attached hydrogens (tertiary/aromatic N) is 2. The van der Waals surface area contributed by atoms with Crippen LogP contribution in [0.1, 0.15) is 11.4 Å². The Morgan fingerprint density at radius 1 is 1.41 bits per heavy atom. The first-order valence-corrected chi connectivity index (χ1v) is 8.78. The molecule has 27 heavy (non-hydrogen) atoms. The highest BCUT2D eigenvalue weighted by Crippen LogP contribution is 2.32. The van der Waals surface area contributed by atoms with E-state index in [1.54, 1.807) is 13.2 Å². The second-order valence-electron chi connectivity index (χ2n) is 6.52. The summed E-state index contributed by atoms with van der Waals surface area (Å²) in [5, 5.41) is 2.88. The molecule has 140 valence electrons. The highest BCUT2D eigenvalue weighted by atomic mass is 19.1. The van der Waals surface area contributed by atoms with Crippen LogP contribution in [0.5, 0.6) is 11.5 Å². The summed E-state index contributed by atoms with van der Waals surface area (Å²) >= 11 is 0. The molecule has 6 nitrogen and oxygen atoms in total. The van der Waals surface area contributed by atoms with Crippen molar-refractivity contribution in [2.45, 2.75) is 18.9 Å². The van der Waals surface area contributed by atoms with E-state index >= 15 is 0 Å². The number of rotatable bonds is 5. The summed E-state index contributed by atoms with van der Waals surface area (Å²) in [5.74, 6) is 1.66. The Kier molecular flexibility index (Phi) is 4.43. The summed E-state index contributed by atoms with van der Waals surface area (Å²) in [6.07, 6.45) is 0.463. The Labute approximate surface area is 155 Å². The number of hydrogen-bond acceptors (Lipinski definition) is 4. The van der Waals surface area contributed by atoms with Crippen LogP contribution in [0.25, 0.3) is 11.0 Å². The third kappa shape index (κ3) is 3.20. The van der Waals surface area contributed by atoms with Gasteiger partial charge >= 0.3 is 0 Å². The number of fused-ring (bicyclic) bond motifs is 2. The number of ether oxygens (including phenoxy) is 2. The van der Waals surface area contributed by atoms with Gasteiger partial charge in [-0.25, -0.2) is 9.37 Å². The van der Waals surface area contributed by atoms with E-state index in [0.717, 1.165) is 22.7 Å². The van der Waals surface area contributed by atoms with Crippen molar-refractivity contribution in [2.24, 2.45) is 7.05 Å². The van der Waals surface area contributed by atoms with Crippen molar-refractivity contribution in [1.29, 1.82) is 0 Å². The summed E-state index contributed by atoms with van der Waals surface area (Å²) in [6.45, 7) is 0.400. The second-order valence-corrected chi connectivity index (χ2v) is 6.52. The maximum atomic E-state index is 13.8. The molecule has 0 fully saturated rings. The zero-order chi connectivity index (χ0) is 19.0. The molecule has 0 radical (unpaired) electrons. The van der Waals surface area contributed by atoms with E-state index in [4.69, 9.17) is 9.47 Å².